The van der Waals surface area contributed by atoms with Gasteiger partial charge in [-0.05, 0) is 25.0 Å². The summed E-state index contributed by atoms with van der Waals surface area (Å²) in [6.45, 7) is 4.36. The summed E-state index contributed by atoms with van der Waals surface area (Å²) in [5.41, 5.74) is 1.37. The molecular weight excluding hydrogens is 219 g/mol. The van der Waals surface area contributed by atoms with E-state index < -0.39 is 7.12 Å². The second-order valence-electron chi connectivity index (χ2n) is 3.77. The summed E-state index contributed by atoms with van der Waals surface area (Å²) >= 11 is 0. The first-order valence-electron chi connectivity index (χ1n) is 5.83. The Labute approximate surface area is 102 Å². The highest BCUT2D eigenvalue weighted by molar-refractivity contribution is 6.60. The Morgan fingerprint density at radius 3 is 2.41 bits per heavy atom. The van der Waals surface area contributed by atoms with Gasteiger partial charge in [-0.3, -0.25) is 0 Å². The summed E-state index contributed by atoms with van der Waals surface area (Å²) in [5, 5.41) is 18.7. The van der Waals surface area contributed by atoms with Gasteiger partial charge in [0, 0.05) is 5.46 Å². The molecule has 2 N–H and O–H groups in total. The summed E-state index contributed by atoms with van der Waals surface area (Å²) in [6, 6.07) is 3.63. The van der Waals surface area contributed by atoms with Gasteiger partial charge in [0.2, 0.25) is 0 Å². The summed E-state index contributed by atoms with van der Waals surface area (Å²) in [6.07, 6.45) is 1.85. The molecule has 17 heavy (non-hydrogen) atoms. The molecule has 4 nitrogen and oxygen atoms in total. The molecule has 1 aromatic rings. The van der Waals surface area contributed by atoms with Gasteiger partial charge in [0.1, 0.15) is 0 Å². The fourth-order valence-corrected chi connectivity index (χ4v) is 1.76. The molecule has 0 bridgehead atoms. The van der Waals surface area contributed by atoms with Crippen molar-refractivity contribution in [2.24, 2.45) is 0 Å². The minimum atomic E-state index is -1.55. The molecule has 1 aromatic carbocycles. The van der Waals surface area contributed by atoms with E-state index in [0.717, 1.165) is 18.4 Å². The molecule has 0 heterocycles. The number of hydrogen-bond acceptors (Lipinski definition) is 4. The van der Waals surface area contributed by atoms with E-state index in [9.17, 15) is 10.0 Å². The third-order valence-electron chi connectivity index (χ3n) is 2.47. The molecule has 0 aromatic heterocycles. The number of rotatable bonds is 6. The van der Waals surface area contributed by atoms with Crippen molar-refractivity contribution in [3.63, 3.8) is 0 Å². The van der Waals surface area contributed by atoms with E-state index >= 15 is 0 Å². The van der Waals surface area contributed by atoms with Crippen LogP contribution in [0.4, 0.5) is 0 Å². The van der Waals surface area contributed by atoms with Gasteiger partial charge in [-0.2, -0.15) is 0 Å². The van der Waals surface area contributed by atoms with Crippen molar-refractivity contribution in [3.05, 3.63) is 17.7 Å². The van der Waals surface area contributed by atoms with Crippen LogP contribution in [0.3, 0.4) is 0 Å². The predicted molar refractivity (Wildman–Crippen MR) is 68.0 cm³/mol. The standard InChI is InChI=1S/C12H19BO4/c1-4-6-9-7-10(13(14)15)12(17-5-2)11(8-9)16-3/h7-8,14-15H,4-6H2,1-3H3. The molecule has 0 aliphatic carbocycles. The SMILES string of the molecule is CCCc1cc(OC)c(OCC)c(B(O)O)c1. The van der Waals surface area contributed by atoms with Gasteiger partial charge in [0.15, 0.2) is 11.5 Å². The van der Waals surface area contributed by atoms with Crippen LogP contribution in [0.1, 0.15) is 25.8 Å². The smallest absolute Gasteiger partial charge is 0.492 e. The van der Waals surface area contributed by atoms with Gasteiger partial charge >= 0.3 is 7.12 Å². The molecule has 94 valence electrons. The van der Waals surface area contributed by atoms with Crippen molar-refractivity contribution >= 4 is 12.6 Å². The van der Waals surface area contributed by atoms with Crippen LogP contribution in [0, 0.1) is 0 Å². The summed E-state index contributed by atoms with van der Waals surface area (Å²) < 4.78 is 10.6. The fraction of sp³-hybridized carbons (Fsp3) is 0.500. The molecule has 0 aliphatic rings. The normalized spacial score (nSPS) is 10.2. The van der Waals surface area contributed by atoms with Crippen molar-refractivity contribution < 1.29 is 19.5 Å². The number of hydrogen-bond donors (Lipinski definition) is 2. The number of ether oxygens (including phenoxy) is 2. The summed E-state index contributed by atoms with van der Waals surface area (Å²) in [5.74, 6) is 0.950. The van der Waals surface area contributed by atoms with Crippen LogP contribution in [-0.2, 0) is 6.42 Å². The van der Waals surface area contributed by atoms with Crippen LogP contribution < -0.4 is 14.9 Å². The highest BCUT2D eigenvalue weighted by atomic mass is 16.5. The lowest BCUT2D eigenvalue weighted by molar-refractivity contribution is 0.311. The molecule has 0 amide bonds. The molecule has 0 spiro atoms. The quantitative estimate of drug-likeness (QED) is 0.717. The van der Waals surface area contributed by atoms with Crippen LogP contribution in [0.5, 0.6) is 11.5 Å². The van der Waals surface area contributed by atoms with E-state index in [0.29, 0.717) is 23.6 Å². The molecular formula is C12H19BO4. The third-order valence-corrected chi connectivity index (χ3v) is 2.47. The highest BCUT2D eigenvalue weighted by Gasteiger charge is 2.21. The molecule has 0 atom stereocenters. The Bertz CT molecular complexity index is 366. The van der Waals surface area contributed by atoms with Crippen LogP contribution in [-0.4, -0.2) is 30.9 Å². The molecule has 0 aliphatic heterocycles. The van der Waals surface area contributed by atoms with Crippen molar-refractivity contribution in [1.29, 1.82) is 0 Å². The predicted octanol–water partition coefficient (Wildman–Crippen LogP) is 0.726. The first-order chi connectivity index (χ1) is 8.13. The van der Waals surface area contributed by atoms with Crippen LogP contribution in [0.2, 0.25) is 0 Å². The van der Waals surface area contributed by atoms with E-state index in [1.54, 1.807) is 13.2 Å². The number of aryl methyl sites for hydroxylation is 1. The molecule has 0 unspecified atom stereocenters. The lowest BCUT2D eigenvalue weighted by Crippen LogP contribution is -2.32. The zero-order valence-corrected chi connectivity index (χ0v) is 10.6. The minimum Gasteiger partial charge on any atom is -0.493 e. The Morgan fingerprint density at radius 2 is 1.94 bits per heavy atom. The topological polar surface area (TPSA) is 58.9 Å². The second-order valence-corrected chi connectivity index (χ2v) is 3.77. The van der Waals surface area contributed by atoms with Gasteiger partial charge in [-0.15, -0.1) is 0 Å². The van der Waals surface area contributed by atoms with E-state index in [1.807, 2.05) is 13.0 Å². The largest absolute Gasteiger partial charge is 0.493 e. The molecule has 1 rings (SSSR count). The van der Waals surface area contributed by atoms with Crippen molar-refractivity contribution in [2.45, 2.75) is 26.7 Å². The molecule has 0 saturated carbocycles. The van der Waals surface area contributed by atoms with Crippen LogP contribution in [0.25, 0.3) is 0 Å². The zero-order valence-electron chi connectivity index (χ0n) is 10.6. The zero-order chi connectivity index (χ0) is 12.8. The van der Waals surface area contributed by atoms with E-state index in [4.69, 9.17) is 9.47 Å². The average molecular weight is 238 g/mol. The maximum atomic E-state index is 9.36. The van der Waals surface area contributed by atoms with E-state index in [1.165, 1.54) is 0 Å². The average Bonchev–Trinajstić information content (AvgIpc) is 2.30. The lowest BCUT2D eigenvalue weighted by atomic mass is 9.78. The van der Waals surface area contributed by atoms with Crippen molar-refractivity contribution in [3.8, 4) is 11.5 Å². The van der Waals surface area contributed by atoms with Gasteiger partial charge in [-0.25, -0.2) is 0 Å². The van der Waals surface area contributed by atoms with E-state index in [2.05, 4.69) is 6.92 Å². The Morgan fingerprint density at radius 1 is 1.24 bits per heavy atom. The Hall–Kier alpha value is -1.20. The maximum absolute atomic E-state index is 9.36. The monoisotopic (exact) mass is 238 g/mol. The lowest BCUT2D eigenvalue weighted by Gasteiger charge is -2.15. The van der Waals surface area contributed by atoms with Gasteiger partial charge in [0.05, 0.1) is 13.7 Å². The van der Waals surface area contributed by atoms with Crippen molar-refractivity contribution in [1.82, 2.24) is 0 Å². The number of methoxy groups -OCH3 is 1. The molecule has 5 heteroatoms. The molecule has 0 saturated heterocycles. The van der Waals surface area contributed by atoms with Gasteiger partial charge in [-0.1, -0.05) is 19.4 Å². The fourth-order valence-electron chi connectivity index (χ4n) is 1.76. The third kappa shape index (κ3) is 3.38. The highest BCUT2D eigenvalue weighted by Crippen LogP contribution is 2.27. The molecule has 0 fully saturated rings. The van der Waals surface area contributed by atoms with Gasteiger partial charge < -0.3 is 19.5 Å². The Balaban J connectivity index is 3.24. The second kappa shape index (κ2) is 6.52. The first kappa shape index (κ1) is 13.9. The Kier molecular flexibility index (Phi) is 5.32. The maximum Gasteiger partial charge on any atom is 0.492 e. The van der Waals surface area contributed by atoms with E-state index in [-0.39, 0.29) is 0 Å². The molecule has 0 radical (unpaired) electrons. The van der Waals surface area contributed by atoms with Crippen LogP contribution in [0.15, 0.2) is 12.1 Å². The minimum absolute atomic E-state index is 0.356. The van der Waals surface area contributed by atoms with Crippen LogP contribution >= 0.6 is 0 Å². The number of benzene rings is 1. The first-order valence-corrected chi connectivity index (χ1v) is 5.83. The van der Waals surface area contributed by atoms with Crippen molar-refractivity contribution in [2.75, 3.05) is 13.7 Å². The summed E-state index contributed by atoms with van der Waals surface area (Å²) in [4.78, 5) is 0. The summed E-state index contributed by atoms with van der Waals surface area (Å²) in [7, 11) is -0.0107. The van der Waals surface area contributed by atoms with Gasteiger partial charge in [0.25, 0.3) is 0 Å².